The first-order valence-electron chi connectivity index (χ1n) is 7.24. The third-order valence-corrected chi connectivity index (χ3v) is 4.49. The van der Waals surface area contributed by atoms with Crippen molar-refractivity contribution in [3.63, 3.8) is 0 Å². The van der Waals surface area contributed by atoms with Gasteiger partial charge >= 0.3 is 0 Å². The molecule has 0 N–H and O–H groups in total. The van der Waals surface area contributed by atoms with Gasteiger partial charge in [0.15, 0.2) is 11.5 Å². The number of fused-ring (bicyclic) bond motifs is 1. The zero-order valence-corrected chi connectivity index (χ0v) is 13.4. The molecule has 4 aromatic rings. The van der Waals surface area contributed by atoms with Gasteiger partial charge in [-0.25, -0.2) is 4.98 Å². The van der Waals surface area contributed by atoms with Crippen LogP contribution in [-0.4, -0.2) is 31.5 Å². The van der Waals surface area contributed by atoms with Gasteiger partial charge in [0.2, 0.25) is 0 Å². The molecule has 6 nitrogen and oxygen atoms in total. The van der Waals surface area contributed by atoms with Gasteiger partial charge in [-0.1, -0.05) is 6.07 Å². The van der Waals surface area contributed by atoms with Crippen molar-refractivity contribution < 1.29 is 4.42 Å². The quantitative estimate of drug-likeness (QED) is 0.564. The number of pyridine rings is 1. The van der Waals surface area contributed by atoms with Crippen molar-refractivity contribution in [3.8, 4) is 10.6 Å². The Kier molecular flexibility index (Phi) is 3.64. The molecule has 0 amide bonds. The molecule has 0 atom stereocenters. The zero-order valence-electron chi connectivity index (χ0n) is 12.6. The highest BCUT2D eigenvalue weighted by atomic mass is 32.1. The SMILES string of the molecule is CN(Cc1csc(-c2ccoc2)n1)Cc1nnc2ccccn12. The molecule has 4 rings (SSSR count). The summed E-state index contributed by atoms with van der Waals surface area (Å²) >= 11 is 1.63. The van der Waals surface area contributed by atoms with Crippen molar-refractivity contribution in [2.75, 3.05) is 7.05 Å². The summed E-state index contributed by atoms with van der Waals surface area (Å²) in [7, 11) is 2.06. The van der Waals surface area contributed by atoms with E-state index in [1.165, 1.54) is 0 Å². The van der Waals surface area contributed by atoms with E-state index in [0.29, 0.717) is 6.54 Å². The summed E-state index contributed by atoms with van der Waals surface area (Å²) < 4.78 is 7.12. The van der Waals surface area contributed by atoms with Gasteiger partial charge in [-0.15, -0.1) is 21.5 Å². The predicted octanol–water partition coefficient (Wildman–Crippen LogP) is 3.08. The smallest absolute Gasteiger partial charge is 0.160 e. The number of furan rings is 1. The number of aromatic nitrogens is 4. The molecule has 4 heterocycles. The lowest BCUT2D eigenvalue weighted by molar-refractivity contribution is 0.306. The van der Waals surface area contributed by atoms with E-state index >= 15 is 0 Å². The molecular weight excluding hydrogens is 310 g/mol. The summed E-state index contributed by atoms with van der Waals surface area (Å²) in [4.78, 5) is 6.84. The van der Waals surface area contributed by atoms with Crippen molar-refractivity contribution in [2.45, 2.75) is 13.1 Å². The van der Waals surface area contributed by atoms with Crippen LogP contribution in [0.1, 0.15) is 11.5 Å². The summed E-state index contributed by atoms with van der Waals surface area (Å²) in [6.07, 6.45) is 5.37. The van der Waals surface area contributed by atoms with Crippen LogP contribution in [0.3, 0.4) is 0 Å². The number of nitrogens with zero attached hydrogens (tertiary/aromatic N) is 5. The van der Waals surface area contributed by atoms with E-state index in [2.05, 4.69) is 32.5 Å². The number of hydrogen-bond acceptors (Lipinski definition) is 6. The first-order chi connectivity index (χ1) is 11.3. The molecule has 0 aliphatic carbocycles. The largest absolute Gasteiger partial charge is 0.472 e. The summed E-state index contributed by atoms with van der Waals surface area (Å²) in [5, 5.41) is 11.5. The van der Waals surface area contributed by atoms with E-state index in [1.54, 1.807) is 23.9 Å². The maximum atomic E-state index is 5.11. The van der Waals surface area contributed by atoms with Gasteiger partial charge in [-0.3, -0.25) is 9.30 Å². The zero-order chi connectivity index (χ0) is 15.6. The molecule has 0 aromatic carbocycles. The second-order valence-corrected chi connectivity index (χ2v) is 6.23. The number of hydrogen-bond donors (Lipinski definition) is 0. The maximum Gasteiger partial charge on any atom is 0.160 e. The van der Waals surface area contributed by atoms with Gasteiger partial charge in [0.1, 0.15) is 11.3 Å². The van der Waals surface area contributed by atoms with E-state index in [1.807, 2.05) is 34.9 Å². The lowest BCUT2D eigenvalue weighted by Gasteiger charge is -2.13. The van der Waals surface area contributed by atoms with Crippen molar-refractivity contribution in [1.82, 2.24) is 24.5 Å². The monoisotopic (exact) mass is 325 g/mol. The molecule has 0 unspecified atom stereocenters. The molecule has 0 aliphatic rings. The minimum atomic E-state index is 0.712. The van der Waals surface area contributed by atoms with Crippen LogP contribution in [0.2, 0.25) is 0 Å². The Balaban J connectivity index is 1.47. The average molecular weight is 325 g/mol. The second kappa shape index (κ2) is 5.94. The minimum Gasteiger partial charge on any atom is -0.472 e. The minimum absolute atomic E-state index is 0.712. The summed E-state index contributed by atoms with van der Waals surface area (Å²) in [5.74, 6) is 0.924. The number of rotatable bonds is 5. The Bertz CT molecular complexity index is 912. The van der Waals surface area contributed by atoms with Crippen LogP contribution in [0, 0.1) is 0 Å². The lowest BCUT2D eigenvalue weighted by Crippen LogP contribution is -2.19. The van der Waals surface area contributed by atoms with Crippen molar-refractivity contribution >= 4 is 17.0 Å². The normalized spacial score (nSPS) is 11.6. The molecule has 0 spiro atoms. The first kappa shape index (κ1) is 14.1. The molecule has 116 valence electrons. The van der Waals surface area contributed by atoms with E-state index in [0.717, 1.165) is 34.3 Å². The molecule has 0 fully saturated rings. The van der Waals surface area contributed by atoms with Gasteiger partial charge in [0, 0.05) is 23.7 Å². The van der Waals surface area contributed by atoms with Gasteiger partial charge in [0.25, 0.3) is 0 Å². The van der Waals surface area contributed by atoms with Crippen LogP contribution in [0.4, 0.5) is 0 Å². The van der Waals surface area contributed by atoms with Crippen LogP contribution in [0.15, 0.2) is 52.8 Å². The Labute approximate surface area is 137 Å². The highest BCUT2D eigenvalue weighted by molar-refractivity contribution is 7.13. The lowest BCUT2D eigenvalue weighted by atomic mass is 10.3. The number of thiazole rings is 1. The highest BCUT2D eigenvalue weighted by Gasteiger charge is 2.11. The Morgan fingerprint density at radius 3 is 3.04 bits per heavy atom. The van der Waals surface area contributed by atoms with Crippen LogP contribution in [-0.2, 0) is 13.1 Å². The summed E-state index contributed by atoms with van der Waals surface area (Å²) in [5.41, 5.74) is 2.93. The van der Waals surface area contributed by atoms with Crippen molar-refractivity contribution in [3.05, 3.63) is 59.9 Å². The van der Waals surface area contributed by atoms with Crippen LogP contribution >= 0.6 is 11.3 Å². The molecule has 0 saturated heterocycles. The van der Waals surface area contributed by atoms with Crippen molar-refractivity contribution in [2.24, 2.45) is 0 Å². The van der Waals surface area contributed by atoms with E-state index in [9.17, 15) is 0 Å². The standard InChI is InChI=1S/C16H15N5OS/c1-20(9-15-19-18-14-4-2-3-6-21(14)15)8-13-11-23-16(17-13)12-5-7-22-10-12/h2-7,10-11H,8-9H2,1H3. The molecule has 0 bridgehead atoms. The fraction of sp³-hybridized carbons (Fsp3) is 0.188. The van der Waals surface area contributed by atoms with Gasteiger partial charge in [-0.05, 0) is 25.2 Å². The Morgan fingerprint density at radius 1 is 1.22 bits per heavy atom. The topological polar surface area (TPSA) is 59.5 Å². The maximum absolute atomic E-state index is 5.11. The van der Waals surface area contributed by atoms with Crippen LogP contribution < -0.4 is 0 Å². The molecule has 0 radical (unpaired) electrons. The summed E-state index contributed by atoms with van der Waals surface area (Å²) in [6.45, 7) is 1.47. The van der Waals surface area contributed by atoms with Gasteiger partial charge in [0.05, 0.1) is 18.5 Å². The molecule has 0 aliphatic heterocycles. The molecular formula is C16H15N5OS. The van der Waals surface area contributed by atoms with E-state index in [-0.39, 0.29) is 0 Å². The first-order valence-corrected chi connectivity index (χ1v) is 8.12. The third kappa shape index (κ3) is 2.88. The third-order valence-electron chi connectivity index (χ3n) is 3.55. The predicted molar refractivity (Wildman–Crippen MR) is 88.0 cm³/mol. The molecule has 23 heavy (non-hydrogen) atoms. The second-order valence-electron chi connectivity index (χ2n) is 5.37. The Morgan fingerprint density at radius 2 is 2.17 bits per heavy atom. The molecule has 7 heteroatoms. The highest BCUT2D eigenvalue weighted by Crippen LogP contribution is 2.24. The fourth-order valence-electron chi connectivity index (χ4n) is 2.47. The molecule has 4 aromatic heterocycles. The van der Waals surface area contributed by atoms with Gasteiger partial charge in [-0.2, -0.15) is 0 Å². The average Bonchev–Trinajstić information content (AvgIpc) is 3.27. The summed E-state index contributed by atoms with van der Waals surface area (Å²) in [6, 6.07) is 7.82. The van der Waals surface area contributed by atoms with Crippen LogP contribution in [0.5, 0.6) is 0 Å². The fourth-order valence-corrected chi connectivity index (χ4v) is 3.27. The van der Waals surface area contributed by atoms with E-state index < -0.39 is 0 Å². The Hall–Kier alpha value is -2.51. The van der Waals surface area contributed by atoms with Gasteiger partial charge < -0.3 is 4.42 Å². The van der Waals surface area contributed by atoms with Crippen molar-refractivity contribution in [1.29, 1.82) is 0 Å². The van der Waals surface area contributed by atoms with Crippen LogP contribution in [0.25, 0.3) is 16.2 Å². The molecule has 0 saturated carbocycles. The van der Waals surface area contributed by atoms with E-state index in [4.69, 9.17) is 4.42 Å².